The largest absolute Gasteiger partial charge is 0.353 e. The van der Waals surface area contributed by atoms with Gasteiger partial charge in [0.15, 0.2) is 5.78 Å². The third-order valence-electron chi connectivity index (χ3n) is 7.53. The molecule has 1 saturated heterocycles. The van der Waals surface area contributed by atoms with Gasteiger partial charge in [0, 0.05) is 43.3 Å². The lowest BCUT2D eigenvalue weighted by Crippen LogP contribution is -2.43. The van der Waals surface area contributed by atoms with Crippen molar-refractivity contribution in [1.29, 1.82) is 0 Å². The van der Waals surface area contributed by atoms with Crippen LogP contribution >= 0.6 is 22.9 Å². The van der Waals surface area contributed by atoms with Gasteiger partial charge in [0.2, 0.25) is 5.91 Å². The van der Waals surface area contributed by atoms with Crippen molar-refractivity contribution in [3.05, 3.63) is 40.4 Å². The predicted octanol–water partition coefficient (Wildman–Crippen LogP) is 6.40. The van der Waals surface area contributed by atoms with Crippen LogP contribution in [0.2, 0.25) is 5.02 Å². The van der Waals surface area contributed by atoms with Gasteiger partial charge in [-0.1, -0.05) is 51.3 Å². The Labute approximate surface area is 236 Å². The molecule has 3 rings (SSSR count). The fourth-order valence-corrected chi connectivity index (χ4v) is 6.18. The number of halogens is 1. The van der Waals surface area contributed by atoms with Gasteiger partial charge in [0.05, 0.1) is 21.1 Å². The number of thiazole rings is 1. The van der Waals surface area contributed by atoms with Gasteiger partial charge in [-0.15, -0.1) is 11.3 Å². The number of carbonyl (C=O) groups is 3. The number of hydrogen-bond acceptors (Lipinski definition) is 6. The number of ketones is 2. The second kappa shape index (κ2) is 15.5. The molecule has 0 aliphatic carbocycles. The highest BCUT2D eigenvalue weighted by Gasteiger charge is 2.27. The Morgan fingerprint density at radius 1 is 1.18 bits per heavy atom. The number of fused-ring (bicyclic) bond motifs is 1. The number of aromatic nitrogens is 1. The van der Waals surface area contributed by atoms with E-state index in [1.54, 1.807) is 12.1 Å². The molecule has 1 fully saturated rings. The zero-order valence-corrected chi connectivity index (χ0v) is 24.6. The van der Waals surface area contributed by atoms with E-state index >= 15 is 0 Å². The Balaban J connectivity index is 1.62. The first-order valence-electron chi connectivity index (χ1n) is 14.1. The van der Waals surface area contributed by atoms with Gasteiger partial charge in [-0.2, -0.15) is 0 Å². The van der Waals surface area contributed by atoms with E-state index in [2.05, 4.69) is 29.0 Å². The van der Waals surface area contributed by atoms with Gasteiger partial charge >= 0.3 is 0 Å². The lowest BCUT2D eigenvalue weighted by molar-refractivity contribution is -0.130. The molecule has 1 aliphatic heterocycles. The summed E-state index contributed by atoms with van der Waals surface area (Å²) < 4.78 is 0.970. The summed E-state index contributed by atoms with van der Waals surface area (Å²) in [6, 6.07) is 5.43. The van der Waals surface area contributed by atoms with E-state index in [-0.39, 0.29) is 35.9 Å². The standard InChI is InChI=1S/C30H42ClN3O3S/c1-4-21(3)26(14-12-25(36)10-9-17-34-15-7-6-8-16-34)33-30(37)22(18-24(35)5-2)19-29-32-27-13-11-23(31)20-28(27)38-29/h9-11,13,20-22,26H,4-8,12,14-19H2,1-3H3,(H,33,37)/b10-9+/t21-,22-,26+/m0/s1. The summed E-state index contributed by atoms with van der Waals surface area (Å²) in [6.07, 6.45) is 10.3. The van der Waals surface area contributed by atoms with Crippen molar-refractivity contribution in [3.8, 4) is 0 Å². The van der Waals surface area contributed by atoms with E-state index in [9.17, 15) is 14.4 Å². The van der Waals surface area contributed by atoms with Crippen LogP contribution in [0.4, 0.5) is 0 Å². The van der Waals surface area contributed by atoms with Crippen molar-refractivity contribution in [3.63, 3.8) is 0 Å². The maximum absolute atomic E-state index is 13.5. The second-order valence-corrected chi connectivity index (χ2v) is 12.0. The van der Waals surface area contributed by atoms with Crippen LogP contribution in [-0.2, 0) is 20.8 Å². The molecule has 38 heavy (non-hydrogen) atoms. The summed E-state index contributed by atoms with van der Waals surface area (Å²) in [5.74, 6) is -0.261. The molecule has 2 heterocycles. The fourth-order valence-electron chi connectivity index (χ4n) is 4.86. The van der Waals surface area contributed by atoms with E-state index < -0.39 is 5.92 Å². The van der Waals surface area contributed by atoms with Crippen molar-refractivity contribution in [2.45, 2.75) is 84.6 Å². The average Bonchev–Trinajstić information content (AvgIpc) is 3.31. The normalized spacial score (nSPS) is 16.9. The van der Waals surface area contributed by atoms with Crippen LogP contribution in [-0.4, -0.2) is 53.0 Å². The van der Waals surface area contributed by atoms with E-state index in [0.29, 0.717) is 30.7 Å². The number of benzene rings is 1. The Bertz CT molecular complexity index is 1110. The molecule has 1 amide bonds. The molecule has 2 aromatic rings. The van der Waals surface area contributed by atoms with Crippen molar-refractivity contribution < 1.29 is 14.4 Å². The van der Waals surface area contributed by atoms with Crippen LogP contribution in [0.5, 0.6) is 0 Å². The van der Waals surface area contributed by atoms with Crippen molar-refractivity contribution in [1.82, 2.24) is 15.2 Å². The summed E-state index contributed by atoms with van der Waals surface area (Å²) in [4.78, 5) is 45.5. The average molecular weight is 560 g/mol. The molecular weight excluding hydrogens is 518 g/mol. The molecule has 0 unspecified atom stereocenters. The summed E-state index contributed by atoms with van der Waals surface area (Å²) in [7, 11) is 0. The SMILES string of the molecule is CCC(=O)C[C@@H](Cc1nc2ccc(Cl)cc2s1)C(=O)N[C@H](CCC(=O)/C=C/CN1CCCCC1)[C@@H](C)CC. The summed E-state index contributed by atoms with van der Waals surface area (Å²) in [6.45, 7) is 9.05. The molecule has 1 aliphatic rings. The number of nitrogens with zero attached hydrogens (tertiary/aromatic N) is 2. The summed E-state index contributed by atoms with van der Waals surface area (Å²) in [5, 5.41) is 4.67. The van der Waals surface area contributed by atoms with Crippen molar-refractivity contribution in [2.75, 3.05) is 19.6 Å². The monoisotopic (exact) mass is 559 g/mol. The number of Topliss-reactive ketones (excluding diaryl/α,β-unsaturated/α-hetero) is 1. The van der Waals surface area contributed by atoms with E-state index in [1.807, 2.05) is 25.1 Å². The molecule has 0 spiro atoms. The summed E-state index contributed by atoms with van der Waals surface area (Å²) in [5.41, 5.74) is 0.847. The highest BCUT2D eigenvalue weighted by atomic mass is 35.5. The minimum atomic E-state index is -0.495. The van der Waals surface area contributed by atoms with Gasteiger partial charge in [0.1, 0.15) is 5.78 Å². The summed E-state index contributed by atoms with van der Waals surface area (Å²) >= 11 is 7.64. The van der Waals surface area contributed by atoms with Crippen LogP contribution in [0.3, 0.4) is 0 Å². The number of rotatable bonds is 15. The third-order valence-corrected chi connectivity index (χ3v) is 8.81. The van der Waals surface area contributed by atoms with Gasteiger partial charge in [-0.05, 0) is 62.5 Å². The lowest BCUT2D eigenvalue weighted by Gasteiger charge is -2.26. The first-order chi connectivity index (χ1) is 18.3. The van der Waals surface area contributed by atoms with Gasteiger partial charge in [0.25, 0.3) is 0 Å². The highest BCUT2D eigenvalue weighted by Crippen LogP contribution is 2.28. The molecule has 6 nitrogen and oxygen atoms in total. The molecule has 1 N–H and O–H groups in total. The molecule has 8 heteroatoms. The molecule has 0 radical (unpaired) electrons. The van der Waals surface area contributed by atoms with Gasteiger partial charge in [-0.25, -0.2) is 4.98 Å². The number of carbonyl (C=O) groups excluding carboxylic acids is 3. The van der Waals surface area contributed by atoms with Crippen LogP contribution < -0.4 is 5.32 Å². The molecule has 1 aromatic heterocycles. The number of nitrogens with one attached hydrogen (secondary N) is 1. The number of amides is 1. The fraction of sp³-hybridized carbons (Fsp3) is 0.600. The van der Waals surface area contributed by atoms with Crippen LogP contribution in [0.15, 0.2) is 30.4 Å². The number of likely N-dealkylation sites (tertiary alicyclic amines) is 1. The van der Waals surface area contributed by atoms with Crippen LogP contribution in [0.25, 0.3) is 10.2 Å². The Morgan fingerprint density at radius 2 is 1.95 bits per heavy atom. The Kier molecular flexibility index (Phi) is 12.4. The van der Waals surface area contributed by atoms with E-state index in [4.69, 9.17) is 11.6 Å². The van der Waals surface area contributed by atoms with E-state index in [1.165, 1.54) is 30.6 Å². The van der Waals surface area contributed by atoms with Crippen LogP contribution in [0.1, 0.15) is 77.1 Å². The smallest absolute Gasteiger partial charge is 0.224 e. The maximum atomic E-state index is 13.5. The second-order valence-electron chi connectivity index (χ2n) is 10.5. The molecule has 3 atom stereocenters. The maximum Gasteiger partial charge on any atom is 0.224 e. The predicted molar refractivity (Wildman–Crippen MR) is 157 cm³/mol. The molecule has 1 aromatic carbocycles. The first-order valence-corrected chi connectivity index (χ1v) is 15.3. The van der Waals surface area contributed by atoms with Crippen molar-refractivity contribution >= 4 is 50.6 Å². The van der Waals surface area contributed by atoms with Gasteiger partial charge in [-0.3, -0.25) is 19.3 Å². The molecule has 0 saturated carbocycles. The zero-order chi connectivity index (χ0) is 27.5. The number of hydrogen-bond donors (Lipinski definition) is 1. The minimum absolute atomic E-state index is 0.0587. The van der Waals surface area contributed by atoms with Crippen molar-refractivity contribution in [2.24, 2.45) is 11.8 Å². The molecular formula is C30H42ClN3O3S. The zero-order valence-electron chi connectivity index (χ0n) is 23.0. The van der Waals surface area contributed by atoms with Gasteiger partial charge < -0.3 is 5.32 Å². The topological polar surface area (TPSA) is 79.4 Å². The van der Waals surface area contributed by atoms with E-state index in [0.717, 1.165) is 41.3 Å². The third kappa shape index (κ3) is 9.58. The molecule has 0 bridgehead atoms. The molecule has 208 valence electrons. The first kappa shape index (κ1) is 30.5. The quantitative estimate of drug-likeness (QED) is 0.255. The highest BCUT2D eigenvalue weighted by molar-refractivity contribution is 7.18. The lowest BCUT2D eigenvalue weighted by atomic mass is 9.91. The number of piperidine rings is 1. The Hall–Kier alpha value is -2.09. The Morgan fingerprint density at radius 3 is 2.66 bits per heavy atom. The minimum Gasteiger partial charge on any atom is -0.353 e. The van der Waals surface area contributed by atoms with Crippen LogP contribution in [0, 0.1) is 11.8 Å². The number of allylic oxidation sites excluding steroid dienone is 1.